The molecule has 18 heavy (non-hydrogen) atoms. The van der Waals surface area contributed by atoms with Crippen molar-refractivity contribution >= 4 is 0 Å². The predicted molar refractivity (Wildman–Crippen MR) is 74.7 cm³/mol. The molecule has 0 aliphatic rings. The summed E-state index contributed by atoms with van der Waals surface area (Å²) in [7, 11) is 0. The molecule has 2 aromatic rings. The molecule has 1 N–H and O–H groups in total. The Kier molecular flexibility index (Phi) is 3.87. The number of aromatic nitrogens is 1. The number of hydrogen-bond acceptors (Lipinski definition) is 1. The molecule has 0 aliphatic carbocycles. The van der Waals surface area contributed by atoms with Crippen molar-refractivity contribution in [2.45, 2.75) is 39.8 Å². The molecule has 2 nitrogen and oxygen atoms in total. The molecule has 0 saturated heterocycles. The number of rotatable bonds is 4. The molecule has 0 aliphatic heterocycles. The minimum absolute atomic E-state index is 0.343. The Morgan fingerprint density at radius 2 is 1.83 bits per heavy atom. The number of hydrogen-bond donors (Lipinski definition) is 1. The minimum atomic E-state index is -0.343. The van der Waals surface area contributed by atoms with Gasteiger partial charge in [0, 0.05) is 18.9 Å². The normalized spacial score (nSPS) is 12.7. The molecule has 2 heteroatoms. The zero-order chi connectivity index (χ0) is 13.1. The van der Waals surface area contributed by atoms with Crippen LogP contribution in [0.1, 0.15) is 41.7 Å². The molecule has 0 spiro atoms. The van der Waals surface area contributed by atoms with E-state index in [-0.39, 0.29) is 6.10 Å². The van der Waals surface area contributed by atoms with Crippen molar-refractivity contribution in [2.75, 3.05) is 0 Å². The molecule has 2 rings (SSSR count). The Hall–Kier alpha value is -1.54. The third-order valence-electron chi connectivity index (χ3n) is 3.53. The summed E-state index contributed by atoms with van der Waals surface area (Å²) in [5.41, 5.74) is 5.01. The van der Waals surface area contributed by atoms with E-state index in [2.05, 4.69) is 36.6 Å². The van der Waals surface area contributed by atoms with Crippen LogP contribution in [0.5, 0.6) is 0 Å². The van der Waals surface area contributed by atoms with Crippen molar-refractivity contribution in [3.05, 3.63) is 58.9 Å². The Morgan fingerprint density at radius 3 is 2.44 bits per heavy atom. The average molecular weight is 243 g/mol. The summed E-state index contributed by atoms with van der Waals surface area (Å²) in [5, 5.41) is 9.80. The van der Waals surface area contributed by atoms with Crippen LogP contribution in [0.3, 0.4) is 0 Å². The minimum Gasteiger partial charge on any atom is -0.388 e. The van der Waals surface area contributed by atoms with Crippen LogP contribution in [0, 0.1) is 13.8 Å². The fourth-order valence-electron chi connectivity index (χ4n) is 2.27. The Bertz CT molecular complexity index is 507. The molecule has 0 saturated carbocycles. The molecule has 0 fully saturated rings. The predicted octanol–water partition coefficient (Wildman–Crippen LogP) is 3.60. The molecule has 0 bridgehead atoms. The molecule has 1 atom stereocenters. The SMILES string of the molecule is CCC(O)c1ccn(Cc2c(C)cccc2C)c1. The number of benzene rings is 1. The van der Waals surface area contributed by atoms with Crippen LogP contribution in [0.15, 0.2) is 36.7 Å². The van der Waals surface area contributed by atoms with E-state index in [0.717, 1.165) is 18.5 Å². The van der Waals surface area contributed by atoms with Gasteiger partial charge < -0.3 is 9.67 Å². The van der Waals surface area contributed by atoms with Gasteiger partial charge in [-0.05, 0) is 48.6 Å². The van der Waals surface area contributed by atoms with Crippen LogP contribution in [-0.2, 0) is 6.54 Å². The van der Waals surface area contributed by atoms with E-state index in [4.69, 9.17) is 0 Å². The van der Waals surface area contributed by atoms with E-state index in [1.54, 1.807) is 0 Å². The summed E-state index contributed by atoms with van der Waals surface area (Å²) >= 11 is 0. The highest BCUT2D eigenvalue weighted by Gasteiger charge is 2.08. The maximum Gasteiger partial charge on any atom is 0.0802 e. The molecule has 1 heterocycles. The fraction of sp³-hybridized carbons (Fsp3) is 0.375. The van der Waals surface area contributed by atoms with Crippen molar-refractivity contribution < 1.29 is 5.11 Å². The molecular weight excluding hydrogens is 222 g/mol. The number of aryl methyl sites for hydroxylation is 2. The van der Waals surface area contributed by atoms with Crippen LogP contribution in [0.25, 0.3) is 0 Å². The fourth-order valence-corrected chi connectivity index (χ4v) is 2.27. The third-order valence-corrected chi connectivity index (χ3v) is 3.53. The van der Waals surface area contributed by atoms with E-state index < -0.39 is 0 Å². The van der Waals surface area contributed by atoms with Gasteiger partial charge in [-0.3, -0.25) is 0 Å². The van der Waals surface area contributed by atoms with Gasteiger partial charge in [0.1, 0.15) is 0 Å². The molecule has 1 unspecified atom stereocenters. The second-order valence-corrected chi connectivity index (χ2v) is 4.91. The smallest absolute Gasteiger partial charge is 0.0802 e. The summed E-state index contributed by atoms with van der Waals surface area (Å²) in [5.74, 6) is 0. The van der Waals surface area contributed by atoms with E-state index in [1.165, 1.54) is 16.7 Å². The quantitative estimate of drug-likeness (QED) is 0.872. The summed E-state index contributed by atoms with van der Waals surface area (Å²) in [4.78, 5) is 0. The van der Waals surface area contributed by atoms with Gasteiger partial charge in [-0.1, -0.05) is 25.1 Å². The van der Waals surface area contributed by atoms with Gasteiger partial charge in [-0.15, -0.1) is 0 Å². The van der Waals surface area contributed by atoms with Gasteiger partial charge in [0.05, 0.1) is 6.10 Å². The summed E-state index contributed by atoms with van der Waals surface area (Å²) in [6.45, 7) is 7.16. The first-order valence-electron chi connectivity index (χ1n) is 6.50. The highest BCUT2D eigenvalue weighted by atomic mass is 16.3. The Morgan fingerprint density at radius 1 is 1.17 bits per heavy atom. The van der Waals surface area contributed by atoms with Crippen molar-refractivity contribution in [1.82, 2.24) is 4.57 Å². The lowest BCUT2D eigenvalue weighted by Gasteiger charge is -2.10. The van der Waals surface area contributed by atoms with Gasteiger partial charge in [0.15, 0.2) is 0 Å². The van der Waals surface area contributed by atoms with E-state index in [0.29, 0.717) is 0 Å². The lowest BCUT2D eigenvalue weighted by atomic mass is 10.0. The Labute approximate surface area is 109 Å². The van der Waals surface area contributed by atoms with Gasteiger partial charge >= 0.3 is 0 Å². The largest absolute Gasteiger partial charge is 0.388 e. The summed E-state index contributed by atoms with van der Waals surface area (Å²) in [6.07, 6.45) is 4.50. The molecule has 96 valence electrons. The average Bonchev–Trinajstić information content (AvgIpc) is 2.81. The number of aliphatic hydroxyl groups is 1. The van der Waals surface area contributed by atoms with Crippen LogP contribution in [0.4, 0.5) is 0 Å². The van der Waals surface area contributed by atoms with Crippen LogP contribution in [-0.4, -0.2) is 9.67 Å². The van der Waals surface area contributed by atoms with Crippen molar-refractivity contribution in [2.24, 2.45) is 0 Å². The lowest BCUT2D eigenvalue weighted by Crippen LogP contribution is -2.01. The molecular formula is C16H21NO. The summed E-state index contributed by atoms with van der Waals surface area (Å²) in [6, 6.07) is 8.39. The zero-order valence-corrected chi connectivity index (χ0v) is 11.4. The van der Waals surface area contributed by atoms with Crippen molar-refractivity contribution in [3.8, 4) is 0 Å². The first-order chi connectivity index (χ1) is 8.61. The molecule has 1 aromatic carbocycles. The van der Waals surface area contributed by atoms with Crippen molar-refractivity contribution in [1.29, 1.82) is 0 Å². The van der Waals surface area contributed by atoms with Crippen LogP contribution < -0.4 is 0 Å². The standard InChI is InChI=1S/C16H21NO/c1-4-16(18)14-8-9-17(10-14)11-15-12(2)6-5-7-13(15)3/h5-10,16,18H,4,11H2,1-3H3. The maximum atomic E-state index is 9.80. The van der Waals surface area contributed by atoms with Gasteiger partial charge in [-0.2, -0.15) is 0 Å². The third kappa shape index (κ3) is 2.65. The zero-order valence-electron chi connectivity index (χ0n) is 11.4. The van der Waals surface area contributed by atoms with Crippen LogP contribution in [0.2, 0.25) is 0 Å². The van der Waals surface area contributed by atoms with Gasteiger partial charge in [0.25, 0.3) is 0 Å². The first-order valence-corrected chi connectivity index (χ1v) is 6.50. The second-order valence-electron chi connectivity index (χ2n) is 4.91. The van der Waals surface area contributed by atoms with Crippen LogP contribution >= 0.6 is 0 Å². The monoisotopic (exact) mass is 243 g/mol. The van der Waals surface area contributed by atoms with Gasteiger partial charge in [-0.25, -0.2) is 0 Å². The van der Waals surface area contributed by atoms with E-state index in [9.17, 15) is 5.11 Å². The Balaban J connectivity index is 2.21. The molecule has 0 amide bonds. The number of nitrogens with zero attached hydrogens (tertiary/aromatic N) is 1. The number of aliphatic hydroxyl groups excluding tert-OH is 1. The highest BCUT2D eigenvalue weighted by molar-refractivity contribution is 5.34. The van der Waals surface area contributed by atoms with E-state index in [1.807, 2.05) is 25.4 Å². The maximum absolute atomic E-state index is 9.80. The topological polar surface area (TPSA) is 25.2 Å². The second kappa shape index (κ2) is 5.40. The molecule has 1 aromatic heterocycles. The molecule has 0 radical (unpaired) electrons. The van der Waals surface area contributed by atoms with E-state index >= 15 is 0 Å². The first kappa shape index (κ1) is 12.9. The lowest BCUT2D eigenvalue weighted by molar-refractivity contribution is 0.173. The highest BCUT2D eigenvalue weighted by Crippen LogP contribution is 2.19. The van der Waals surface area contributed by atoms with Crippen molar-refractivity contribution in [3.63, 3.8) is 0 Å². The van der Waals surface area contributed by atoms with Gasteiger partial charge in [0.2, 0.25) is 0 Å². The summed E-state index contributed by atoms with van der Waals surface area (Å²) < 4.78 is 2.14.